The standard InChI is InChI=1S/C19H19O.CO.Fe/c1-5-19(14-20,15-9-6-7-10-15)17-12-8-11-16(13-17)18(2,3)4;1-2;/h1,6-9,11-13H,10H2,2-4H3;;/q-1;;+1. The third kappa shape index (κ3) is 4.27. The molecule has 3 heteroatoms. The first-order chi connectivity index (χ1) is 10.9. The fourth-order valence-corrected chi connectivity index (χ4v) is 2.46. The van der Waals surface area contributed by atoms with Crippen LogP contribution >= 0.6 is 0 Å². The van der Waals surface area contributed by atoms with E-state index in [-0.39, 0.29) is 5.41 Å². The molecule has 0 N–H and O–H groups in total. The quantitative estimate of drug-likeness (QED) is 0.477. The van der Waals surface area contributed by atoms with Gasteiger partial charge >= 0.3 is 25.2 Å². The molecule has 0 aliphatic heterocycles. The number of carbonyl (C=O) groups excluding carboxylic acids is 2. The fourth-order valence-electron chi connectivity index (χ4n) is 2.46. The topological polar surface area (TPSA) is 34.1 Å². The Morgan fingerprint density at radius 3 is 2.30 bits per heavy atom. The Labute approximate surface area is 146 Å². The average molecular weight is 347 g/mol. The molecular formula is C20H19FeO2. The van der Waals surface area contributed by atoms with Crippen LogP contribution in [0.25, 0.3) is 0 Å². The summed E-state index contributed by atoms with van der Waals surface area (Å²) in [6.45, 7) is 6.43. The molecule has 0 spiro atoms. The van der Waals surface area contributed by atoms with E-state index in [9.17, 15) is 4.79 Å². The van der Waals surface area contributed by atoms with Crippen molar-refractivity contribution in [2.24, 2.45) is 0 Å². The Kier molecular flexibility index (Phi) is 6.67. The van der Waals surface area contributed by atoms with Gasteiger partial charge in [0.25, 0.3) is 0 Å². The zero-order valence-electron chi connectivity index (χ0n) is 13.5. The molecule has 23 heavy (non-hydrogen) atoms. The second-order valence-electron chi connectivity index (χ2n) is 6.22. The van der Waals surface area contributed by atoms with Crippen molar-refractivity contribution in [1.82, 2.24) is 0 Å². The monoisotopic (exact) mass is 347 g/mol. The van der Waals surface area contributed by atoms with Crippen molar-refractivity contribution in [1.29, 1.82) is 0 Å². The average Bonchev–Trinajstić information content (AvgIpc) is 3.04. The van der Waals surface area contributed by atoms with Crippen LogP contribution in [0.4, 0.5) is 0 Å². The minimum absolute atomic E-state index is 0.0154. The van der Waals surface area contributed by atoms with Gasteiger partial charge in [0.15, 0.2) is 0 Å². The molecule has 0 heterocycles. The zero-order chi connectivity index (χ0) is 17.5. The van der Waals surface area contributed by atoms with Crippen molar-refractivity contribution in [3.8, 4) is 12.3 Å². The first kappa shape index (κ1) is 19.1. The summed E-state index contributed by atoms with van der Waals surface area (Å²) < 4.78 is 0. The van der Waals surface area contributed by atoms with E-state index in [0.29, 0.717) is 6.42 Å². The van der Waals surface area contributed by atoms with Crippen molar-refractivity contribution >= 4 is 11.1 Å². The van der Waals surface area contributed by atoms with E-state index in [1.165, 1.54) is 4.79 Å². The van der Waals surface area contributed by atoms with Gasteiger partial charge in [0.1, 0.15) is 0 Å². The van der Waals surface area contributed by atoms with Crippen LogP contribution in [0.3, 0.4) is 0 Å². The van der Waals surface area contributed by atoms with Gasteiger partial charge in [-0.2, -0.15) is 0 Å². The number of benzene rings is 1. The van der Waals surface area contributed by atoms with Crippen molar-refractivity contribution in [2.75, 3.05) is 0 Å². The predicted molar refractivity (Wildman–Crippen MR) is 88.9 cm³/mol. The molecule has 0 aromatic heterocycles. The molecular weight excluding hydrogens is 328 g/mol. The van der Waals surface area contributed by atoms with Crippen molar-refractivity contribution in [2.45, 2.75) is 38.0 Å². The van der Waals surface area contributed by atoms with Crippen LogP contribution in [0.15, 0.2) is 48.1 Å². The van der Waals surface area contributed by atoms with Gasteiger partial charge in [-0.05, 0) is 22.8 Å². The summed E-state index contributed by atoms with van der Waals surface area (Å²) in [5.74, 6) is 2.67. The van der Waals surface area contributed by atoms with Crippen molar-refractivity contribution in [3.05, 3.63) is 59.2 Å². The molecule has 0 bridgehead atoms. The van der Waals surface area contributed by atoms with Gasteiger partial charge in [0.2, 0.25) is 0 Å². The Hall–Kier alpha value is -1.97. The number of allylic oxidation sites excluding steroid dienone is 4. The number of hydrogen-bond donors (Lipinski definition) is 0. The molecule has 0 amide bonds. The molecule has 2 rings (SSSR count). The maximum absolute atomic E-state index is 11.7. The molecule has 1 aliphatic rings. The SMILES string of the molecule is C#CC([C-]=O)(C1=CC=CC1)c1cccc(C(C)(C)C)c1.O=[C]=[Fe+]. The van der Waals surface area contributed by atoms with E-state index in [0.717, 1.165) is 16.7 Å². The normalized spacial score (nSPS) is 15.3. The van der Waals surface area contributed by atoms with Crippen LogP contribution in [-0.4, -0.2) is 11.1 Å². The molecule has 1 aromatic carbocycles. The summed E-state index contributed by atoms with van der Waals surface area (Å²) in [4.78, 5) is 21.5. The molecule has 1 atom stereocenters. The maximum atomic E-state index is 11.7. The Balaban J connectivity index is 0.000000816. The van der Waals surface area contributed by atoms with E-state index in [4.69, 9.17) is 11.2 Å². The molecule has 2 nitrogen and oxygen atoms in total. The van der Waals surface area contributed by atoms with Crippen LogP contribution in [0, 0.1) is 12.3 Å². The molecule has 0 saturated heterocycles. The van der Waals surface area contributed by atoms with Crippen LogP contribution in [0.5, 0.6) is 0 Å². The van der Waals surface area contributed by atoms with Crippen molar-refractivity contribution < 1.29 is 25.2 Å². The first-order valence-electron chi connectivity index (χ1n) is 7.16. The molecule has 1 aromatic rings. The Bertz CT molecular complexity index is 708. The van der Waals surface area contributed by atoms with Crippen LogP contribution in [0.2, 0.25) is 0 Å². The van der Waals surface area contributed by atoms with E-state index in [2.05, 4.69) is 54.6 Å². The van der Waals surface area contributed by atoms with Gasteiger partial charge in [0.05, 0.1) is 0 Å². The van der Waals surface area contributed by atoms with Gasteiger partial charge in [-0.3, -0.25) is 0 Å². The van der Waals surface area contributed by atoms with Gasteiger partial charge < -0.3 is 4.79 Å². The Morgan fingerprint density at radius 1 is 1.26 bits per heavy atom. The van der Waals surface area contributed by atoms with E-state index in [1.807, 2.05) is 36.4 Å². The number of hydrogen-bond acceptors (Lipinski definition) is 2. The van der Waals surface area contributed by atoms with Crippen LogP contribution < -0.4 is 0 Å². The first-order valence-corrected chi connectivity index (χ1v) is 7.71. The third-order valence-corrected chi connectivity index (χ3v) is 3.78. The minimum atomic E-state index is -1.06. The van der Waals surface area contributed by atoms with E-state index >= 15 is 0 Å². The summed E-state index contributed by atoms with van der Waals surface area (Å²) in [5, 5.41) is 0. The van der Waals surface area contributed by atoms with E-state index in [1.54, 1.807) is 0 Å². The van der Waals surface area contributed by atoms with Crippen LogP contribution in [0.1, 0.15) is 38.3 Å². The zero-order valence-corrected chi connectivity index (χ0v) is 14.6. The Morgan fingerprint density at radius 2 is 1.87 bits per heavy atom. The number of terminal acetylenes is 1. The third-order valence-electron chi connectivity index (χ3n) is 3.78. The summed E-state index contributed by atoms with van der Waals surface area (Å²) in [6, 6.07) is 7.97. The predicted octanol–water partition coefficient (Wildman–Crippen LogP) is 3.45. The summed E-state index contributed by atoms with van der Waals surface area (Å²) in [7, 11) is 0. The molecule has 0 saturated carbocycles. The summed E-state index contributed by atoms with van der Waals surface area (Å²) in [5.41, 5.74) is 1.86. The van der Waals surface area contributed by atoms with Gasteiger partial charge in [-0.15, -0.1) is 12.3 Å². The number of rotatable bonds is 3. The fraction of sp³-hybridized carbons (Fsp3) is 0.300. The van der Waals surface area contributed by atoms with E-state index < -0.39 is 5.41 Å². The molecule has 0 radical (unpaired) electrons. The second kappa shape index (κ2) is 8.04. The molecule has 119 valence electrons. The van der Waals surface area contributed by atoms with Gasteiger partial charge in [-0.1, -0.05) is 74.4 Å². The molecule has 1 unspecified atom stereocenters. The second-order valence-corrected chi connectivity index (χ2v) is 6.45. The summed E-state index contributed by atoms with van der Waals surface area (Å²) >= 11 is 2.68. The molecule has 0 fully saturated rings. The summed E-state index contributed by atoms with van der Waals surface area (Å²) in [6.07, 6.45) is 14.4. The van der Waals surface area contributed by atoms with Crippen LogP contribution in [-0.2, 0) is 36.0 Å². The van der Waals surface area contributed by atoms with Gasteiger partial charge in [-0.25, -0.2) is 6.29 Å². The molecule has 1 aliphatic carbocycles. The van der Waals surface area contributed by atoms with Gasteiger partial charge in [0, 0.05) is 0 Å². The van der Waals surface area contributed by atoms with Crippen molar-refractivity contribution in [3.63, 3.8) is 0 Å².